The van der Waals surface area contributed by atoms with Crippen molar-refractivity contribution in [3.63, 3.8) is 0 Å². The Morgan fingerprint density at radius 2 is 0.861 bits per heavy atom. The molecule has 11 nitrogen and oxygen atoms in total. The van der Waals surface area contributed by atoms with Crippen LogP contribution in [0, 0.1) is 0 Å². The van der Waals surface area contributed by atoms with Crippen LogP contribution in [-0.4, -0.2) is 62.4 Å². The van der Waals surface area contributed by atoms with Crippen molar-refractivity contribution in [1.82, 2.24) is 15.0 Å². The predicted molar refractivity (Wildman–Crippen MR) is 123 cm³/mol. The molecular weight excluding hydrogens is 544 g/mol. The Labute approximate surface area is 206 Å². The number of nitrogens with zero attached hydrogens (tertiary/aromatic N) is 4. The van der Waals surface area contributed by atoms with Crippen molar-refractivity contribution in [2.75, 3.05) is 35.6 Å². The fourth-order valence-electron chi connectivity index (χ4n) is 1.96. The number of anilines is 3. The quantitative estimate of drug-likeness (QED) is 0.212. The van der Waals surface area contributed by atoms with Gasteiger partial charge in [0.25, 0.3) is 0 Å². The number of hydrogen-bond acceptors (Lipinski definition) is 10. The minimum Gasteiger partial charge on any atom is -0.421 e. The average molecular weight is 575 g/mol. The lowest BCUT2D eigenvalue weighted by atomic mass is 10.3. The molecule has 1 rings (SSSR count). The number of alkyl halides is 6. The van der Waals surface area contributed by atoms with Crippen LogP contribution in [0.4, 0.5) is 44.2 Å². The summed E-state index contributed by atoms with van der Waals surface area (Å²) >= 11 is 0. The van der Waals surface area contributed by atoms with Gasteiger partial charge >= 0.3 is 11.0 Å². The molecule has 0 aliphatic heterocycles. The summed E-state index contributed by atoms with van der Waals surface area (Å²) in [6, 6.07) is 0. The van der Waals surface area contributed by atoms with Crippen molar-refractivity contribution < 1.29 is 43.2 Å². The van der Waals surface area contributed by atoms with E-state index in [1.165, 1.54) is 0 Å². The van der Waals surface area contributed by atoms with Gasteiger partial charge in [-0.3, -0.25) is 0 Å². The lowest BCUT2D eigenvalue weighted by molar-refractivity contribution is -0.0444. The number of nitrogens with one attached hydrogen (secondary N) is 3. The summed E-state index contributed by atoms with van der Waals surface area (Å²) in [7, 11) is -13.4. The summed E-state index contributed by atoms with van der Waals surface area (Å²) in [4.78, 5) is 13.3. The molecule has 212 valence electrons. The summed E-state index contributed by atoms with van der Waals surface area (Å²) < 4.78 is 109. The molecule has 0 fully saturated rings. The molecule has 0 aliphatic carbocycles. The Morgan fingerprint density at radius 1 is 0.611 bits per heavy atom. The zero-order valence-corrected chi connectivity index (χ0v) is 21.5. The molecule has 19 heteroatoms. The topological polar surface area (TPSA) is 157 Å². The van der Waals surface area contributed by atoms with Gasteiger partial charge in [-0.25, -0.2) is 16.8 Å². The molecule has 0 saturated heterocycles. The molecule has 0 spiro atoms. The van der Waals surface area contributed by atoms with Gasteiger partial charge in [0.05, 0.1) is 0 Å². The van der Waals surface area contributed by atoms with E-state index in [4.69, 9.17) is 0 Å². The van der Waals surface area contributed by atoms with Crippen molar-refractivity contribution in [1.29, 1.82) is 0 Å². The van der Waals surface area contributed by atoms with E-state index >= 15 is 0 Å². The molecule has 0 unspecified atom stereocenters. The van der Waals surface area contributed by atoms with Gasteiger partial charge in [0.15, 0.2) is 20.0 Å². The van der Waals surface area contributed by atoms with E-state index in [-0.39, 0.29) is 0 Å². The molecule has 1 aromatic heterocycles. The van der Waals surface area contributed by atoms with Crippen LogP contribution >= 0.6 is 0 Å². The second-order valence-electron chi connectivity index (χ2n) is 7.06. The number of aromatic nitrogens is 3. The zero-order chi connectivity index (χ0) is 28.0. The third-order valence-corrected chi connectivity index (χ3v) is 6.60. The van der Waals surface area contributed by atoms with Gasteiger partial charge in [-0.1, -0.05) is 40.0 Å². The minimum atomic E-state index is -6.72. The molecular formula is C17H30F6N7O4S2-. The fourth-order valence-corrected chi connectivity index (χ4v) is 3.67. The van der Waals surface area contributed by atoms with E-state index in [9.17, 15) is 43.2 Å². The molecule has 0 radical (unpaired) electrons. The van der Waals surface area contributed by atoms with Crippen molar-refractivity contribution in [3.05, 3.63) is 4.13 Å². The highest BCUT2D eigenvalue weighted by molar-refractivity contribution is 8.13. The molecule has 0 bridgehead atoms. The van der Waals surface area contributed by atoms with Crippen LogP contribution in [0.1, 0.15) is 59.3 Å². The summed E-state index contributed by atoms with van der Waals surface area (Å²) in [5.41, 5.74) is -12.4. The van der Waals surface area contributed by atoms with E-state index in [1.807, 2.05) is 0 Å². The molecule has 0 amide bonds. The SMILES string of the molecule is CCCCNc1nc(NCCCC)nc(NCCCC)n1.O=S(=O)([N-]S(=O)(=O)C(F)(F)F)C(F)(F)F. The third-order valence-electron chi connectivity index (χ3n) is 3.86. The van der Waals surface area contributed by atoms with Crippen LogP contribution in [0.3, 0.4) is 0 Å². The number of rotatable bonds is 14. The second kappa shape index (κ2) is 15.2. The van der Waals surface area contributed by atoms with Gasteiger partial charge in [0.2, 0.25) is 17.8 Å². The predicted octanol–water partition coefficient (Wildman–Crippen LogP) is 4.57. The Bertz CT molecular complexity index is 879. The van der Waals surface area contributed by atoms with Crippen LogP contribution in [0.25, 0.3) is 4.13 Å². The first kappa shape index (κ1) is 33.8. The minimum absolute atomic E-state index is 0.649. The molecule has 1 heterocycles. The van der Waals surface area contributed by atoms with Crippen molar-refractivity contribution in [3.8, 4) is 0 Å². The maximum absolute atomic E-state index is 11.4. The molecule has 1 aromatic rings. The first-order chi connectivity index (χ1) is 16.5. The first-order valence-electron chi connectivity index (χ1n) is 10.8. The maximum atomic E-state index is 11.4. The average Bonchev–Trinajstić information content (AvgIpc) is 2.72. The molecule has 3 N–H and O–H groups in total. The van der Waals surface area contributed by atoms with Crippen LogP contribution in [0.15, 0.2) is 0 Å². The summed E-state index contributed by atoms with van der Waals surface area (Å²) in [5.74, 6) is 1.95. The molecule has 0 aromatic carbocycles. The number of halogens is 6. The van der Waals surface area contributed by atoms with Gasteiger partial charge in [0.1, 0.15) is 0 Å². The third kappa shape index (κ3) is 12.7. The zero-order valence-electron chi connectivity index (χ0n) is 19.9. The summed E-state index contributed by atoms with van der Waals surface area (Å²) in [6.45, 7) is 9.19. The Balaban J connectivity index is 0.000000723. The van der Waals surface area contributed by atoms with E-state index in [0.717, 1.165) is 62.3 Å². The van der Waals surface area contributed by atoms with E-state index in [1.54, 1.807) is 0 Å². The summed E-state index contributed by atoms with van der Waals surface area (Å²) in [6.07, 6.45) is 6.80. The van der Waals surface area contributed by atoms with E-state index in [0.29, 0.717) is 17.8 Å². The van der Waals surface area contributed by atoms with E-state index < -0.39 is 31.1 Å². The van der Waals surface area contributed by atoms with Gasteiger partial charge in [0, 0.05) is 19.6 Å². The fraction of sp³-hybridized carbons (Fsp3) is 0.824. The Hall–Kier alpha value is -2.15. The molecule has 0 atom stereocenters. The Morgan fingerprint density at radius 3 is 1.06 bits per heavy atom. The van der Waals surface area contributed by atoms with Crippen molar-refractivity contribution in [2.45, 2.75) is 70.3 Å². The molecule has 0 saturated carbocycles. The van der Waals surface area contributed by atoms with Gasteiger partial charge in [-0.05, 0) is 19.3 Å². The maximum Gasteiger partial charge on any atom is 0.480 e. The van der Waals surface area contributed by atoms with Gasteiger partial charge in [-0.15, -0.1) is 0 Å². The lowest BCUT2D eigenvalue weighted by Crippen LogP contribution is -2.30. The Kier molecular flexibility index (Phi) is 14.3. The second-order valence-corrected chi connectivity index (χ2v) is 10.5. The molecule has 36 heavy (non-hydrogen) atoms. The molecule has 0 aliphatic rings. The number of sulfonamides is 2. The highest BCUT2D eigenvalue weighted by Crippen LogP contribution is 2.36. The van der Waals surface area contributed by atoms with Crippen molar-refractivity contribution >= 4 is 37.9 Å². The first-order valence-corrected chi connectivity index (χ1v) is 13.7. The summed E-state index contributed by atoms with van der Waals surface area (Å²) in [5, 5.41) is 9.79. The van der Waals surface area contributed by atoms with Gasteiger partial charge < -0.3 is 20.1 Å². The van der Waals surface area contributed by atoms with Crippen LogP contribution < -0.4 is 16.0 Å². The largest absolute Gasteiger partial charge is 0.480 e. The van der Waals surface area contributed by atoms with Gasteiger partial charge in [-0.2, -0.15) is 41.3 Å². The monoisotopic (exact) mass is 574 g/mol. The normalized spacial score (nSPS) is 12.5. The van der Waals surface area contributed by atoms with Crippen LogP contribution in [0.2, 0.25) is 0 Å². The smallest absolute Gasteiger partial charge is 0.421 e. The lowest BCUT2D eigenvalue weighted by Gasteiger charge is -2.22. The van der Waals surface area contributed by atoms with Crippen molar-refractivity contribution in [2.24, 2.45) is 0 Å². The van der Waals surface area contributed by atoms with Crippen LogP contribution in [-0.2, 0) is 20.0 Å². The number of unbranched alkanes of at least 4 members (excludes halogenated alkanes) is 3. The highest BCUT2D eigenvalue weighted by atomic mass is 32.3. The standard InChI is InChI=1S/C15H30N6.C2F6NO4S2/c1-4-7-10-16-13-19-14(17-11-8-5-2)21-15(20-13)18-12-9-6-3;3-1(4,5)14(10,11)9-15(12,13)2(6,7)8/h4-12H2,1-3H3,(H3,16,17,18,19,20,21);/q;-1. The highest BCUT2D eigenvalue weighted by Gasteiger charge is 2.46. The van der Waals surface area contributed by atoms with E-state index in [2.05, 4.69) is 51.7 Å². The van der Waals surface area contributed by atoms with Crippen LogP contribution in [0.5, 0.6) is 0 Å². The number of hydrogen-bond donors (Lipinski definition) is 3.